The Morgan fingerprint density at radius 1 is 1.10 bits per heavy atom. The maximum atomic E-state index is 14.6. The van der Waals surface area contributed by atoms with E-state index in [9.17, 15) is 9.18 Å². The van der Waals surface area contributed by atoms with Crippen molar-refractivity contribution in [2.75, 3.05) is 11.9 Å². The molecule has 0 aromatic heterocycles. The summed E-state index contributed by atoms with van der Waals surface area (Å²) >= 11 is 0. The van der Waals surface area contributed by atoms with Gasteiger partial charge in [0.2, 0.25) is 0 Å². The van der Waals surface area contributed by atoms with E-state index in [2.05, 4.69) is 28.8 Å². The number of hydrogen-bond acceptors (Lipinski definition) is 2. The lowest BCUT2D eigenvalue weighted by Gasteiger charge is -2.18. The van der Waals surface area contributed by atoms with Crippen LogP contribution in [0.5, 0.6) is 0 Å². The van der Waals surface area contributed by atoms with Gasteiger partial charge in [-0.25, -0.2) is 4.39 Å². The van der Waals surface area contributed by atoms with Gasteiger partial charge >= 0.3 is 0 Å². The molecule has 0 spiro atoms. The number of rotatable bonds is 6. The van der Waals surface area contributed by atoms with E-state index >= 15 is 0 Å². The summed E-state index contributed by atoms with van der Waals surface area (Å²) in [6.07, 6.45) is 2.55. The highest BCUT2D eigenvalue weighted by Gasteiger charge is 2.23. The molecule has 1 saturated carbocycles. The lowest BCUT2D eigenvalue weighted by molar-refractivity contribution is 0.0939. The molecule has 3 nitrogen and oxygen atoms in total. The van der Waals surface area contributed by atoms with Gasteiger partial charge in [0.05, 0.1) is 6.04 Å². The highest BCUT2D eigenvalue weighted by atomic mass is 19.1. The van der Waals surface area contributed by atoms with Crippen molar-refractivity contribution < 1.29 is 9.18 Å². The third kappa shape index (κ3) is 4.12. The van der Waals surface area contributed by atoms with Crippen molar-refractivity contribution in [3.63, 3.8) is 0 Å². The van der Waals surface area contributed by atoms with Gasteiger partial charge < -0.3 is 10.6 Å². The van der Waals surface area contributed by atoms with E-state index in [0.717, 1.165) is 28.6 Å². The molecule has 0 radical (unpaired) electrons. The van der Waals surface area contributed by atoms with Crippen LogP contribution in [0.4, 0.5) is 10.1 Å². The SMILES string of the molecule is CCNc1cc(F)c([C@@H](C)NC(=O)c2ccc3cc(C4CC4)ccc3c2)cc1C. The van der Waals surface area contributed by atoms with Crippen LogP contribution in [0.1, 0.15) is 65.7 Å². The quantitative estimate of drug-likeness (QED) is 0.535. The van der Waals surface area contributed by atoms with Gasteiger partial charge in [-0.1, -0.05) is 24.3 Å². The molecule has 29 heavy (non-hydrogen) atoms. The molecule has 150 valence electrons. The Bertz CT molecular complexity index is 1070. The first kappa shape index (κ1) is 19.4. The van der Waals surface area contributed by atoms with Crippen molar-refractivity contribution in [1.29, 1.82) is 0 Å². The molecule has 1 amide bonds. The van der Waals surface area contributed by atoms with E-state index < -0.39 is 6.04 Å². The Balaban J connectivity index is 1.52. The first-order valence-electron chi connectivity index (χ1n) is 10.3. The van der Waals surface area contributed by atoms with Crippen LogP contribution in [0.3, 0.4) is 0 Å². The molecule has 0 saturated heterocycles. The highest BCUT2D eigenvalue weighted by molar-refractivity contribution is 5.98. The van der Waals surface area contributed by atoms with Gasteiger partial charge in [0, 0.05) is 23.4 Å². The van der Waals surface area contributed by atoms with Gasteiger partial charge in [0.1, 0.15) is 5.82 Å². The summed E-state index contributed by atoms with van der Waals surface area (Å²) in [6, 6.07) is 15.1. The highest BCUT2D eigenvalue weighted by Crippen LogP contribution is 2.40. The zero-order valence-electron chi connectivity index (χ0n) is 17.2. The Morgan fingerprint density at radius 2 is 1.83 bits per heavy atom. The molecule has 2 N–H and O–H groups in total. The fraction of sp³-hybridized carbons (Fsp3) is 0.320. The second-order valence-corrected chi connectivity index (χ2v) is 8.01. The summed E-state index contributed by atoms with van der Waals surface area (Å²) in [7, 11) is 0. The van der Waals surface area contributed by atoms with Crippen LogP contribution in [0.25, 0.3) is 10.8 Å². The van der Waals surface area contributed by atoms with Crippen LogP contribution in [-0.4, -0.2) is 12.5 Å². The second-order valence-electron chi connectivity index (χ2n) is 8.01. The third-order valence-electron chi connectivity index (χ3n) is 5.70. The Kier molecular flexibility index (Phi) is 5.27. The fourth-order valence-electron chi connectivity index (χ4n) is 3.85. The summed E-state index contributed by atoms with van der Waals surface area (Å²) in [5, 5.41) is 8.29. The van der Waals surface area contributed by atoms with Crippen LogP contribution < -0.4 is 10.6 Å². The van der Waals surface area contributed by atoms with Crippen LogP contribution in [0.15, 0.2) is 48.5 Å². The number of amides is 1. The summed E-state index contributed by atoms with van der Waals surface area (Å²) in [5.74, 6) is 0.199. The third-order valence-corrected chi connectivity index (χ3v) is 5.70. The lowest BCUT2D eigenvalue weighted by atomic mass is 10.0. The summed E-state index contributed by atoms with van der Waals surface area (Å²) in [6.45, 7) is 6.46. The van der Waals surface area contributed by atoms with Crippen LogP contribution in [0.2, 0.25) is 0 Å². The first-order valence-corrected chi connectivity index (χ1v) is 10.3. The molecule has 3 aromatic carbocycles. The van der Waals surface area contributed by atoms with Gasteiger partial charge in [-0.2, -0.15) is 0 Å². The molecule has 1 atom stereocenters. The summed E-state index contributed by atoms with van der Waals surface area (Å²) in [4.78, 5) is 12.8. The number of fused-ring (bicyclic) bond motifs is 1. The molecular formula is C25H27FN2O. The number of nitrogens with one attached hydrogen (secondary N) is 2. The largest absolute Gasteiger partial charge is 0.385 e. The normalized spacial score (nSPS) is 14.6. The van der Waals surface area contributed by atoms with Gasteiger partial charge in [-0.05, 0) is 85.7 Å². The van der Waals surface area contributed by atoms with Crippen LogP contribution in [-0.2, 0) is 0 Å². The average molecular weight is 391 g/mol. The zero-order valence-corrected chi connectivity index (χ0v) is 17.2. The smallest absolute Gasteiger partial charge is 0.251 e. The minimum Gasteiger partial charge on any atom is -0.385 e. The molecule has 4 rings (SSSR count). The second kappa shape index (κ2) is 7.86. The fourth-order valence-corrected chi connectivity index (χ4v) is 3.85. The van der Waals surface area contributed by atoms with Gasteiger partial charge in [0.15, 0.2) is 0 Å². The van der Waals surface area contributed by atoms with E-state index in [1.165, 1.54) is 24.5 Å². The first-order chi connectivity index (χ1) is 14.0. The van der Waals surface area contributed by atoms with E-state index in [1.807, 2.05) is 39.0 Å². The van der Waals surface area contributed by atoms with Crippen LogP contribution in [0, 0.1) is 12.7 Å². The van der Waals surface area contributed by atoms with Crippen molar-refractivity contribution in [2.45, 2.75) is 45.6 Å². The maximum absolute atomic E-state index is 14.6. The zero-order chi connectivity index (χ0) is 20.5. The van der Waals surface area contributed by atoms with E-state index in [4.69, 9.17) is 0 Å². The number of halogens is 1. The Morgan fingerprint density at radius 3 is 2.55 bits per heavy atom. The molecule has 1 aliphatic carbocycles. The van der Waals surface area contributed by atoms with Crippen molar-refractivity contribution in [2.24, 2.45) is 0 Å². The Hall–Kier alpha value is -2.88. The topological polar surface area (TPSA) is 41.1 Å². The molecule has 0 heterocycles. The summed E-state index contributed by atoms with van der Waals surface area (Å²) in [5.41, 5.74) is 4.21. The summed E-state index contributed by atoms with van der Waals surface area (Å²) < 4.78 is 14.6. The molecule has 1 aliphatic rings. The molecule has 4 heteroatoms. The minimum atomic E-state index is -0.426. The van der Waals surface area contributed by atoms with Gasteiger partial charge in [0.25, 0.3) is 5.91 Å². The molecule has 0 unspecified atom stereocenters. The monoisotopic (exact) mass is 390 g/mol. The number of carbonyl (C=O) groups is 1. The van der Waals surface area contributed by atoms with E-state index in [1.54, 1.807) is 6.07 Å². The standard InChI is InChI=1S/C25H27FN2O/c1-4-27-24-14-23(26)22(11-15(24)2)16(3)28-25(29)21-10-9-19-12-18(17-5-6-17)7-8-20(19)13-21/h7-14,16-17,27H,4-6H2,1-3H3,(H,28,29)/t16-/m1/s1. The van der Waals surface area contributed by atoms with Gasteiger partial charge in [-0.15, -0.1) is 0 Å². The van der Waals surface area contributed by atoms with E-state index in [0.29, 0.717) is 17.0 Å². The number of hydrogen-bond donors (Lipinski definition) is 2. The van der Waals surface area contributed by atoms with Crippen molar-refractivity contribution in [3.05, 3.63) is 76.6 Å². The predicted molar refractivity (Wildman–Crippen MR) is 117 cm³/mol. The van der Waals surface area contributed by atoms with Crippen molar-refractivity contribution in [1.82, 2.24) is 5.32 Å². The molecule has 0 aliphatic heterocycles. The van der Waals surface area contributed by atoms with Crippen LogP contribution >= 0.6 is 0 Å². The molecule has 0 bridgehead atoms. The van der Waals surface area contributed by atoms with E-state index in [-0.39, 0.29) is 11.7 Å². The van der Waals surface area contributed by atoms with Crippen molar-refractivity contribution >= 4 is 22.4 Å². The molecule has 3 aromatic rings. The predicted octanol–water partition coefficient (Wildman–Crippen LogP) is 6.09. The number of anilines is 1. The number of benzene rings is 3. The number of aryl methyl sites for hydroxylation is 1. The molecule has 1 fully saturated rings. The lowest BCUT2D eigenvalue weighted by Crippen LogP contribution is -2.27. The van der Waals surface area contributed by atoms with Gasteiger partial charge in [-0.3, -0.25) is 4.79 Å². The molecular weight excluding hydrogens is 363 g/mol. The Labute approximate surface area is 171 Å². The van der Waals surface area contributed by atoms with Crippen molar-refractivity contribution in [3.8, 4) is 0 Å². The maximum Gasteiger partial charge on any atom is 0.251 e. The number of carbonyl (C=O) groups excluding carboxylic acids is 1. The minimum absolute atomic E-state index is 0.196. The average Bonchev–Trinajstić information content (AvgIpc) is 3.55.